The summed E-state index contributed by atoms with van der Waals surface area (Å²) in [5.74, 6) is -0.0975. The minimum atomic E-state index is -0.101. The summed E-state index contributed by atoms with van der Waals surface area (Å²) in [7, 11) is 0. The first kappa shape index (κ1) is 7.05. The number of hydrogen-bond acceptors (Lipinski definition) is 4. The lowest BCUT2D eigenvalue weighted by atomic mass is 10.3. The van der Waals surface area contributed by atoms with E-state index >= 15 is 0 Å². The number of hydrogen-bond donors (Lipinski definition) is 3. The molecule has 5 nitrogen and oxygen atoms in total. The Morgan fingerprint density at radius 1 is 1.42 bits per heavy atom. The van der Waals surface area contributed by atoms with Crippen molar-refractivity contribution in [3.05, 3.63) is 18.1 Å². The van der Waals surface area contributed by atoms with Gasteiger partial charge in [0, 0.05) is 11.8 Å². The van der Waals surface area contributed by atoms with Crippen LogP contribution in [0, 0.1) is 0 Å². The molecule has 62 valence electrons. The van der Waals surface area contributed by atoms with Crippen molar-refractivity contribution in [2.24, 2.45) is 0 Å². The molecule has 2 rings (SSSR count). The fraction of sp³-hybridized carbons (Fsp3) is 0.143. The van der Waals surface area contributed by atoms with Crippen molar-refractivity contribution < 1.29 is 10.2 Å². The Labute approximate surface area is 67.7 Å². The molecule has 0 saturated carbocycles. The van der Waals surface area contributed by atoms with Crippen LogP contribution >= 0.6 is 0 Å². The van der Waals surface area contributed by atoms with Gasteiger partial charge in [-0.2, -0.15) is 0 Å². The van der Waals surface area contributed by atoms with Crippen LogP contribution in [-0.4, -0.2) is 25.2 Å². The van der Waals surface area contributed by atoms with E-state index in [9.17, 15) is 5.11 Å². The smallest absolute Gasteiger partial charge is 0.239 e. The predicted octanol–water partition coefficient (Wildman–Crippen LogP) is 0.156. The van der Waals surface area contributed by atoms with Crippen LogP contribution in [0.3, 0.4) is 0 Å². The van der Waals surface area contributed by atoms with E-state index in [-0.39, 0.29) is 12.5 Å². The zero-order chi connectivity index (χ0) is 8.55. The lowest BCUT2D eigenvalue weighted by molar-refractivity contribution is 0.283. The zero-order valence-electron chi connectivity index (χ0n) is 6.15. The molecular weight excluding hydrogens is 158 g/mol. The summed E-state index contributed by atoms with van der Waals surface area (Å²) in [5, 5.41) is 18.1. The average Bonchev–Trinajstić information content (AvgIpc) is 2.49. The molecule has 0 unspecified atom stereocenters. The van der Waals surface area contributed by atoms with E-state index in [1.807, 2.05) is 0 Å². The molecule has 0 spiro atoms. The van der Waals surface area contributed by atoms with Gasteiger partial charge in [-0.1, -0.05) is 0 Å². The average molecular weight is 165 g/mol. The normalized spacial score (nSPS) is 10.8. The van der Waals surface area contributed by atoms with Crippen LogP contribution in [0.15, 0.2) is 12.5 Å². The highest BCUT2D eigenvalue weighted by atomic mass is 16.3. The molecule has 0 radical (unpaired) electrons. The van der Waals surface area contributed by atoms with Crippen LogP contribution in [-0.2, 0) is 6.61 Å². The molecule has 2 aromatic heterocycles. The van der Waals surface area contributed by atoms with Gasteiger partial charge in [0.25, 0.3) is 0 Å². The summed E-state index contributed by atoms with van der Waals surface area (Å²) in [6.07, 6.45) is 2.85. The first-order valence-electron chi connectivity index (χ1n) is 3.43. The van der Waals surface area contributed by atoms with Gasteiger partial charge in [-0.25, -0.2) is 9.97 Å². The summed E-state index contributed by atoms with van der Waals surface area (Å²) in [4.78, 5) is 10.3. The van der Waals surface area contributed by atoms with Crippen LogP contribution in [0.25, 0.3) is 11.0 Å². The van der Waals surface area contributed by atoms with Gasteiger partial charge in [-0.05, 0) is 0 Å². The molecular formula is C7H7N3O2. The molecule has 0 amide bonds. The van der Waals surface area contributed by atoms with Crippen molar-refractivity contribution in [2.75, 3.05) is 0 Å². The molecule has 0 atom stereocenters. The molecule has 0 saturated heterocycles. The number of aliphatic hydroxyl groups is 1. The first-order chi connectivity index (χ1) is 5.83. The molecule has 0 aliphatic heterocycles. The van der Waals surface area contributed by atoms with Gasteiger partial charge in [-0.3, -0.25) is 0 Å². The highest BCUT2D eigenvalue weighted by Crippen LogP contribution is 2.21. The van der Waals surface area contributed by atoms with Crippen LogP contribution < -0.4 is 0 Å². The standard InChI is InChI=1S/C7H7N3O2/c11-2-4-1-8-6-5(4)9-3-10-7(6)12/h1,3,8,11H,2H2,(H,9,10,12). The topological polar surface area (TPSA) is 82.0 Å². The molecule has 0 bridgehead atoms. The second-order valence-electron chi connectivity index (χ2n) is 2.39. The van der Waals surface area contributed by atoms with E-state index in [4.69, 9.17) is 5.11 Å². The third kappa shape index (κ3) is 0.835. The molecule has 0 aliphatic rings. The van der Waals surface area contributed by atoms with Crippen molar-refractivity contribution in [1.29, 1.82) is 0 Å². The van der Waals surface area contributed by atoms with Gasteiger partial charge in [0.1, 0.15) is 17.4 Å². The lowest BCUT2D eigenvalue weighted by Crippen LogP contribution is -1.84. The van der Waals surface area contributed by atoms with Gasteiger partial charge in [0.05, 0.1) is 6.61 Å². The van der Waals surface area contributed by atoms with E-state index in [2.05, 4.69) is 15.0 Å². The Bertz CT molecular complexity index is 410. The van der Waals surface area contributed by atoms with Crippen molar-refractivity contribution in [1.82, 2.24) is 15.0 Å². The maximum atomic E-state index is 9.22. The van der Waals surface area contributed by atoms with E-state index < -0.39 is 0 Å². The molecule has 2 aromatic rings. The van der Waals surface area contributed by atoms with Crippen LogP contribution in [0.2, 0.25) is 0 Å². The Morgan fingerprint density at radius 3 is 3.00 bits per heavy atom. The third-order valence-electron chi connectivity index (χ3n) is 1.69. The summed E-state index contributed by atoms with van der Waals surface area (Å²) in [5.41, 5.74) is 1.68. The van der Waals surface area contributed by atoms with E-state index in [1.165, 1.54) is 6.33 Å². The highest BCUT2D eigenvalue weighted by molar-refractivity contribution is 5.82. The Hall–Kier alpha value is -1.62. The summed E-state index contributed by atoms with van der Waals surface area (Å²) < 4.78 is 0. The lowest BCUT2D eigenvalue weighted by Gasteiger charge is -1.92. The van der Waals surface area contributed by atoms with Crippen molar-refractivity contribution in [3.63, 3.8) is 0 Å². The maximum absolute atomic E-state index is 9.22. The number of nitrogens with one attached hydrogen (secondary N) is 1. The molecule has 0 aromatic carbocycles. The largest absolute Gasteiger partial charge is 0.492 e. The van der Waals surface area contributed by atoms with Crippen molar-refractivity contribution >= 4 is 11.0 Å². The minimum absolute atomic E-state index is 0.0975. The fourth-order valence-corrected chi connectivity index (χ4v) is 1.10. The minimum Gasteiger partial charge on any atom is -0.492 e. The van der Waals surface area contributed by atoms with Gasteiger partial charge >= 0.3 is 0 Å². The van der Waals surface area contributed by atoms with Crippen molar-refractivity contribution in [2.45, 2.75) is 6.61 Å². The number of fused-ring (bicyclic) bond motifs is 1. The number of aromatic amines is 1. The van der Waals surface area contributed by atoms with Gasteiger partial charge in [0.15, 0.2) is 0 Å². The van der Waals surface area contributed by atoms with Crippen LogP contribution in [0.1, 0.15) is 5.56 Å². The zero-order valence-corrected chi connectivity index (χ0v) is 6.15. The third-order valence-corrected chi connectivity index (χ3v) is 1.69. The maximum Gasteiger partial charge on any atom is 0.239 e. The number of aliphatic hydroxyl groups excluding tert-OH is 1. The number of nitrogens with zero attached hydrogens (tertiary/aromatic N) is 2. The number of H-pyrrole nitrogens is 1. The number of aromatic hydroxyl groups is 1. The van der Waals surface area contributed by atoms with Crippen molar-refractivity contribution in [3.8, 4) is 5.88 Å². The SMILES string of the molecule is OCc1c[nH]c2c(O)ncnc12. The molecule has 0 aliphatic carbocycles. The summed E-state index contributed by atoms with van der Waals surface area (Å²) >= 11 is 0. The van der Waals surface area contributed by atoms with Crippen LogP contribution in [0.5, 0.6) is 5.88 Å². The van der Waals surface area contributed by atoms with E-state index in [0.29, 0.717) is 16.6 Å². The quantitative estimate of drug-likeness (QED) is 0.562. The van der Waals surface area contributed by atoms with E-state index in [0.717, 1.165) is 0 Å². The number of rotatable bonds is 1. The second-order valence-corrected chi connectivity index (χ2v) is 2.39. The highest BCUT2D eigenvalue weighted by Gasteiger charge is 2.07. The van der Waals surface area contributed by atoms with Gasteiger partial charge < -0.3 is 15.2 Å². The summed E-state index contributed by atoms with van der Waals surface area (Å²) in [6, 6.07) is 0. The second kappa shape index (κ2) is 2.46. The molecule has 5 heteroatoms. The molecule has 0 fully saturated rings. The Balaban J connectivity index is 2.80. The first-order valence-corrected chi connectivity index (χ1v) is 3.43. The van der Waals surface area contributed by atoms with E-state index in [1.54, 1.807) is 6.20 Å². The monoisotopic (exact) mass is 165 g/mol. The Morgan fingerprint density at radius 2 is 2.25 bits per heavy atom. The van der Waals surface area contributed by atoms with Crippen LogP contribution in [0.4, 0.5) is 0 Å². The Kier molecular flexibility index (Phi) is 1.44. The van der Waals surface area contributed by atoms with Gasteiger partial charge in [0.2, 0.25) is 5.88 Å². The summed E-state index contributed by atoms with van der Waals surface area (Å²) in [6.45, 7) is -0.101. The predicted molar refractivity (Wildman–Crippen MR) is 41.5 cm³/mol. The van der Waals surface area contributed by atoms with Gasteiger partial charge in [-0.15, -0.1) is 0 Å². The molecule has 2 heterocycles. The molecule has 12 heavy (non-hydrogen) atoms. The molecule has 3 N–H and O–H groups in total. The fourth-order valence-electron chi connectivity index (χ4n) is 1.10. The number of aromatic nitrogens is 3.